The number of hydrogen-bond donors (Lipinski definition) is 2. The maximum atomic E-state index is 5.70. The standard InChI is InChI=1S/C10H11N3O/c1-14-10-3-2-7(11)6-8(10)9-4-5-12-13-9/h2-6H,11H2,1H3,(H,12,13). The summed E-state index contributed by atoms with van der Waals surface area (Å²) in [7, 11) is 1.63. The Morgan fingerprint density at radius 2 is 2.21 bits per heavy atom. The van der Waals surface area contributed by atoms with Crippen LogP contribution in [0.5, 0.6) is 5.75 Å². The number of rotatable bonds is 2. The summed E-state index contributed by atoms with van der Waals surface area (Å²) in [6.07, 6.45) is 1.69. The predicted molar refractivity (Wildman–Crippen MR) is 55.0 cm³/mol. The first-order valence-electron chi connectivity index (χ1n) is 4.24. The van der Waals surface area contributed by atoms with E-state index in [9.17, 15) is 0 Å². The van der Waals surface area contributed by atoms with E-state index in [0.717, 1.165) is 17.0 Å². The van der Waals surface area contributed by atoms with E-state index in [2.05, 4.69) is 10.2 Å². The van der Waals surface area contributed by atoms with E-state index in [-0.39, 0.29) is 0 Å². The number of nitrogen functional groups attached to an aromatic ring is 1. The molecule has 72 valence electrons. The van der Waals surface area contributed by atoms with Gasteiger partial charge in [-0.05, 0) is 24.3 Å². The zero-order valence-electron chi connectivity index (χ0n) is 7.82. The molecule has 0 fully saturated rings. The molecule has 4 heteroatoms. The fraction of sp³-hybridized carbons (Fsp3) is 0.100. The Kier molecular flexibility index (Phi) is 2.10. The van der Waals surface area contributed by atoms with Crippen LogP contribution < -0.4 is 10.5 Å². The topological polar surface area (TPSA) is 63.9 Å². The molecule has 2 rings (SSSR count). The number of ether oxygens (including phenoxy) is 1. The first-order valence-corrected chi connectivity index (χ1v) is 4.24. The molecule has 0 spiro atoms. The molecule has 0 unspecified atom stereocenters. The van der Waals surface area contributed by atoms with E-state index >= 15 is 0 Å². The van der Waals surface area contributed by atoms with Gasteiger partial charge in [-0.1, -0.05) is 0 Å². The molecule has 4 nitrogen and oxygen atoms in total. The lowest BCUT2D eigenvalue weighted by Crippen LogP contribution is -1.91. The van der Waals surface area contributed by atoms with Gasteiger partial charge in [0.1, 0.15) is 5.75 Å². The highest BCUT2D eigenvalue weighted by molar-refractivity contribution is 5.70. The van der Waals surface area contributed by atoms with Gasteiger partial charge >= 0.3 is 0 Å². The van der Waals surface area contributed by atoms with E-state index in [4.69, 9.17) is 10.5 Å². The molecule has 0 saturated carbocycles. The number of aromatic nitrogens is 2. The lowest BCUT2D eigenvalue weighted by Gasteiger charge is -2.06. The maximum absolute atomic E-state index is 5.70. The molecule has 0 atom stereocenters. The average molecular weight is 189 g/mol. The summed E-state index contributed by atoms with van der Waals surface area (Å²) >= 11 is 0. The van der Waals surface area contributed by atoms with Gasteiger partial charge in [0.25, 0.3) is 0 Å². The molecule has 0 saturated heterocycles. The maximum Gasteiger partial charge on any atom is 0.128 e. The Hall–Kier alpha value is -1.97. The molecule has 0 bridgehead atoms. The minimum Gasteiger partial charge on any atom is -0.496 e. The highest BCUT2D eigenvalue weighted by Gasteiger charge is 2.06. The Bertz CT molecular complexity index is 423. The SMILES string of the molecule is COc1ccc(N)cc1-c1ccn[nH]1. The second kappa shape index (κ2) is 3.41. The summed E-state index contributed by atoms with van der Waals surface area (Å²) < 4.78 is 5.22. The zero-order chi connectivity index (χ0) is 9.97. The van der Waals surface area contributed by atoms with Crippen molar-refractivity contribution in [2.75, 3.05) is 12.8 Å². The van der Waals surface area contributed by atoms with E-state index in [0.29, 0.717) is 5.69 Å². The van der Waals surface area contributed by atoms with Gasteiger partial charge in [0.05, 0.1) is 12.8 Å². The number of benzene rings is 1. The van der Waals surface area contributed by atoms with Crippen molar-refractivity contribution in [3.63, 3.8) is 0 Å². The van der Waals surface area contributed by atoms with Crippen LogP contribution in [0.4, 0.5) is 5.69 Å². The van der Waals surface area contributed by atoms with Gasteiger partial charge in [-0.2, -0.15) is 5.10 Å². The van der Waals surface area contributed by atoms with Crippen LogP contribution in [-0.4, -0.2) is 17.3 Å². The van der Waals surface area contributed by atoms with Gasteiger partial charge in [-0.25, -0.2) is 0 Å². The third-order valence-corrected chi connectivity index (χ3v) is 2.01. The van der Waals surface area contributed by atoms with Gasteiger partial charge in [-0.3, -0.25) is 5.10 Å². The van der Waals surface area contributed by atoms with Crippen molar-refractivity contribution in [3.05, 3.63) is 30.5 Å². The molecule has 1 heterocycles. The van der Waals surface area contributed by atoms with Crippen LogP contribution in [0.25, 0.3) is 11.3 Å². The quantitative estimate of drug-likeness (QED) is 0.706. The summed E-state index contributed by atoms with van der Waals surface area (Å²) in [4.78, 5) is 0. The number of methoxy groups -OCH3 is 1. The van der Waals surface area contributed by atoms with Crippen LogP contribution in [0.15, 0.2) is 30.5 Å². The van der Waals surface area contributed by atoms with Crippen LogP contribution in [0, 0.1) is 0 Å². The number of hydrogen-bond acceptors (Lipinski definition) is 3. The number of nitrogens with one attached hydrogen (secondary N) is 1. The Labute approximate surface area is 81.7 Å². The van der Waals surface area contributed by atoms with E-state index in [1.807, 2.05) is 18.2 Å². The Morgan fingerprint density at radius 1 is 1.36 bits per heavy atom. The smallest absolute Gasteiger partial charge is 0.128 e. The first-order chi connectivity index (χ1) is 6.81. The van der Waals surface area contributed by atoms with Gasteiger partial charge in [0.15, 0.2) is 0 Å². The summed E-state index contributed by atoms with van der Waals surface area (Å²) in [6, 6.07) is 7.37. The Morgan fingerprint density at radius 3 is 2.86 bits per heavy atom. The van der Waals surface area contributed by atoms with E-state index in [1.54, 1.807) is 19.4 Å². The largest absolute Gasteiger partial charge is 0.496 e. The predicted octanol–water partition coefficient (Wildman–Crippen LogP) is 1.67. The third-order valence-electron chi connectivity index (χ3n) is 2.01. The fourth-order valence-electron chi connectivity index (χ4n) is 1.34. The highest BCUT2D eigenvalue weighted by Crippen LogP contribution is 2.29. The van der Waals surface area contributed by atoms with Gasteiger partial charge < -0.3 is 10.5 Å². The van der Waals surface area contributed by atoms with Crippen LogP contribution >= 0.6 is 0 Å². The van der Waals surface area contributed by atoms with Crippen LogP contribution in [0.3, 0.4) is 0 Å². The monoisotopic (exact) mass is 189 g/mol. The molecular weight excluding hydrogens is 178 g/mol. The van der Waals surface area contributed by atoms with Crippen molar-refractivity contribution in [3.8, 4) is 17.0 Å². The van der Waals surface area contributed by atoms with Crippen molar-refractivity contribution in [2.24, 2.45) is 0 Å². The van der Waals surface area contributed by atoms with Gasteiger partial charge in [-0.15, -0.1) is 0 Å². The average Bonchev–Trinajstić information content (AvgIpc) is 2.70. The summed E-state index contributed by atoms with van der Waals surface area (Å²) in [5.41, 5.74) is 8.22. The number of nitrogens with zero attached hydrogens (tertiary/aromatic N) is 1. The van der Waals surface area contributed by atoms with Crippen LogP contribution in [0.2, 0.25) is 0 Å². The molecule has 2 aromatic rings. The molecule has 0 aliphatic heterocycles. The zero-order valence-corrected chi connectivity index (χ0v) is 7.82. The number of H-pyrrole nitrogens is 1. The molecule has 1 aromatic heterocycles. The minimum absolute atomic E-state index is 0.704. The Balaban J connectivity index is 2.55. The van der Waals surface area contributed by atoms with Gasteiger partial charge in [0.2, 0.25) is 0 Å². The number of anilines is 1. The minimum atomic E-state index is 0.704. The molecule has 0 amide bonds. The van der Waals surface area contributed by atoms with Crippen LogP contribution in [-0.2, 0) is 0 Å². The molecule has 0 aliphatic rings. The normalized spacial score (nSPS) is 10.1. The van der Waals surface area contributed by atoms with Crippen LogP contribution in [0.1, 0.15) is 0 Å². The van der Waals surface area contributed by atoms with Gasteiger partial charge in [0, 0.05) is 17.4 Å². The molecule has 1 aromatic carbocycles. The second-order valence-electron chi connectivity index (χ2n) is 2.93. The molecular formula is C10H11N3O. The summed E-state index contributed by atoms with van der Waals surface area (Å²) in [5.74, 6) is 0.781. The van der Waals surface area contributed by atoms with E-state index < -0.39 is 0 Å². The molecule has 3 N–H and O–H groups in total. The van der Waals surface area contributed by atoms with Crippen molar-refractivity contribution >= 4 is 5.69 Å². The molecule has 14 heavy (non-hydrogen) atoms. The number of nitrogens with two attached hydrogens (primary N) is 1. The van der Waals surface area contributed by atoms with Crippen molar-refractivity contribution < 1.29 is 4.74 Å². The first kappa shape index (κ1) is 8.62. The summed E-state index contributed by atoms with van der Waals surface area (Å²) in [6.45, 7) is 0. The lowest BCUT2D eigenvalue weighted by molar-refractivity contribution is 0.416. The second-order valence-corrected chi connectivity index (χ2v) is 2.93. The third kappa shape index (κ3) is 1.42. The number of aromatic amines is 1. The molecule has 0 aliphatic carbocycles. The van der Waals surface area contributed by atoms with Crippen molar-refractivity contribution in [1.82, 2.24) is 10.2 Å². The summed E-state index contributed by atoms with van der Waals surface area (Å²) in [5, 5.41) is 6.75. The van der Waals surface area contributed by atoms with Crippen molar-refractivity contribution in [2.45, 2.75) is 0 Å². The molecule has 0 radical (unpaired) electrons. The lowest BCUT2D eigenvalue weighted by atomic mass is 10.1. The fourth-order valence-corrected chi connectivity index (χ4v) is 1.34. The highest BCUT2D eigenvalue weighted by atomic mass is 16.5. The van der Waals surface area contributed by atoms with E-state index in [1.165, 1.54) is 0 Å². The van der Waals surface area contributed by atoms with Crippen molar-refractivity contribution in [1.29, 1.82) is 0 Å².